The molecule has 1 atom stereocenters. The van der Waals surface area contributed by atoms with Crippen LogP contribution in [0.5, 0.6) is 0 Å². The predicted molar refractivity (Wildman–Crippen MR) is 56.4 cm³/mol. The molecule has 0 bridgehead atoms. The lowest BCUT2D eigenvalue weighted by molar-refractivity contribution is 0.596. The van der Waals surface area contributed by atoms with E-state index in [2.05, 4.69) is 45.3 Å². The Morgan fingerprint density at radius 2 is 1.62 bits per heavy atom. The zero-order valence-electron chi connectivity index (χ0n) is 8.81. The van der Waals surface area contributed by atoms with Crippen LogP contribution in [0.4, 0.5) is 0 Å². The van der Waals surface area contributed by atoms with Crippen LogP contribution in [0.2, 0.25) is 0 Å². The number of rotatable bonds is 2. The Morgan fingerprint density at radius 3 is 2.00 bits per heavy atom. The Bertz CT molecular complexity index is 282. The first-order valence-corrected chi connectivity index (χ1v) is 4.60. The molecule has 0 spiro atoms. The minimum absolute atomic E-state index is 0.223. The SMILES string of the molecule is Cc1cc(C)c([C@H](C)NN)c(C)c1. The highest BCUT2D eigenvalue weighted by atomic mass is 15.2. The number of hydrazine groups is 1. The van der Waals surface area contributed by atoms with Gasteiger partial charge >= 0.3 is 0 Å². The lowest BCUT2D eigenvalue weighted by Gasteiger charge is -2.17. The number of nitrogens with two attached hydrogens (primary N) is 1. The fraction of sp³-hybridized carbons (Fsp3) is 0.455. The Labute approximate surface area is 80.1 Å². The van der Waals surface area contributed by atoms with Crippen LogP contribution in [-0.4, -0.2) is 0 Å². The average Bonchev–Trinajstić information content (AvgIpc) is 2.02. The Hall–Kier alpha value is -0.860. The van der Waals surface area contributed by atoms with Crippen molar-refractivity contribution in [3.8, 4) is 0 Å². The topological polar surface area (TPSA) is 38.0 Å². The second kappa shape index (κ2) is 3.90. The van der Waals surface area contributed by atoms with Gasteiger partial charge < -0.3 is 0 Å². The highest BCUT2D eigenvalue weighted by Crippen LogP contribution is 2.22. The Morgan fingerprint density at radius 1 is 1.15 bits per heavy atom. The van der Waals surface area contributed by atoms with E-state index < -0.39 is 0 Å². The van der Waals surface area contributed by atoms with E-state index in [0.29, 0.717) is 0 Å². The molecular formula is C11H18N2. The van der Waals surface area contributed by atoms with Gasteiger partial charge in [-0.1, -0.05) is 17.7 Å². The Kier molecular flexibility index (Phi) is 3.07. The standard InChI is InChI=1S/C11H18N2/c1-7-5-8(2)11(9(3)6-7)10(4)13-12/h5-6,10,13H,12H2,1-4H3/t10-/m0/s1. The minimum atomic E-state index is 0.223. The summed E-state index contributed by atoms with van der Waals surface area (Å²) in [5.74, 6) is 5.43. The van der Waals surface area contributed by atoms with Crippen molar-refractivity contribution < 1.29 is 0 Å². The molecule has 0 saturated carbocycles. The predicted octanol–water partition coefficient (Wildman–Crippen LogP) is 2.14. The number of aryl methyl sites for hydroxylation is 3. The number of hydrogen-bond acceptors (Lipinski definition) is 2. The van der Waals surface area contributed by atoms with Crippen LogP contribution in [0.15, 0.2) is 12.1 Å². The summed E-state index contributed by atoms with van der Waals surface area (Å²) in [5.41, 5.74) is 8.02. The number of hydrogen-bond donors (Lipinski definition) is 2. The van der Waals surface area contributed by atoms with Gasteiger partial charge in [0.15, 0.2) is 0 Å². The molecule has 0 aromatic heterocycles. The van der Waals surface area contributed by atoms with Crippen LogP contribution in [0.1, 0.15) is 35.2 Å². The van der Waals surface area contributed by atoms with Crippen LogP contribution in [0, 0.1) is 20.8 Å². The molecule has 13 heavy (non-hydrogen) atoms. The van der Waals surface area contributed by atoms with Crippen molar-refractivity contribution in [3.63, 3.8) is 0 Å². The summed E-state index contributed by atoms with van der Waals surface area (Å²) < 4.78 is 0. The van der Waals surface area contributed by atoms with Crippen molar-refractivity contribution in [2.45, 2.75) is 33.7 Å². The second-order valence-electron chi connectivity index (χ2n) is 3.70. The Balaban J connectivity index is 3.20. The van der Waals surface area contributed by atoms with Gasteiger partial charge in [-0.3, -0.25) is 11.3 Å². The first-order chi connectivity index (χ1) is 6.06. The van der Waals surface area contributed by atoms with Crippen LogP contribution >= 0.6 is 0 Å². The normalized spacial score (nSPS) is 13.0. The lowest BCUT2D eigenvalue weighted by Crippen LogP contribution is -2.26. The third kappa shape index (κ3) is 2.08. The molecule has 0 saturated heterocycles. The zero-order chi connectivity index (χ0) is 10.0. The van der Waals surface area contributed by atoms with E-state index in [4.69, 9.17) is 5.84 Å². The summed E-state index contributed by atoms with van der Waals surface area (Å²) in [6, 6.07) is 4.60. The van der Waals surface area contributed by atoms with Crippen molar-refractivity contribution in [2.24, 2.45) is 5.84 Å². The third-order valence-corrected chi connectivity index (χ3v) is 2.42. The monoisotopic (exact) mass is 178 g/mol. The van der Waals surface area contributed by atoms with Gasteiger partial charge in [0, 0.05) is 6.04 Å². The summed E-state index contributed by atoms with van der Waals surface area (Å²) in [7, 11) is 0. The van der Waals surface area contributed by atoms with E-state index >= 15 is 0 Å². The molecule has 0 aliphatic carbocycles. The third-order valence-electron chi connectivity index (χ3n) is 2.42. The summed E-state index contributed by atoms with van der Waals surface area (Å²) >= 11 is 0. The molecule has 1 aromatic carbocycles. The smallest absolute Gasteiger partial charge is 0.0437 e. The molecule has 2 heteroatoms. The molecule has 1 rings (SSSR count). The largest absolute Gasteiger partial charge is 0.271 e. The fourth-order valence-corrected chi connectivity index (χ4v) is 1.96. The van der Waals surface area contributed by atoms with Crippen LogP contribution in [0.25, 0.3) is 0 Å². The highest BCUT2D eigenvalue weighted by molar-refractivity contribution is 5.39. The zero-order valence-corrected chi connectivity index (χ0v) is 8.81. The van der Waals surface area contributed by atoms with Gasteiger partial charge in [-0.05, 0) is 44.4 Å². The summed E-state index contributed by atoms with van der Waals surface area (Å²) in [5, 5.41) is 0. The number of nitrogens with one attached hydrogen (secondary N) is 1. The van der Waals surface area contributed by atoms with Crippen LogP contribution < -0.4 is 11.3 Å². The molecule has 2 nitrogen and oxygen atoms in total. The molecule has 0 aliphatic rings. The van der Waals surface area contributed by atoms with E-state index in [-0.39, 0.29) is 6.04 Å². The maximum Gasteiger partial charge on any atom is 0.0437 e. The first kappa shape index (κ1) is 10.2. The van der Waals surface area contributed by atoms with Crippen molar-refractivity contribution in [3.05, 3.63) is 34.4 Å². The molecule has 3 N–H and O–H groups in total. The van der Waals surface area contributed by atoms with E-state index in [1.54, 1.807) is 0 Å². The molecular weight excluding hydrogens is 160 g/mol. The first-order valence-electron chi connectivity index (χ1n) is 4.60. The molecule has 0 heterocycles. The summed E-state index contributed by atoms with van der Waals surface area (Å²) in [4.78, 5) is 0. The van der Waals surface area contributed by atoms with E-state index in [9.17, 15) is 0 Å². The van der Waals surface area contributed by atoms with E-state index in [0.717, 1.165) is 0 Å². The quantitative estimate of drug-likeness (QED) is 0.538. The molecule has 0 amide bonds. The molecule has 0 radical (unpaired) electrons. The van der Waals surface area contributed by atoms with Crippen molar-refractivity contribution >= 4 is 0 Å². The average molecular weight is 178 g/mol. The van der Waals surface area contributed by atoms with Gasteiger partial charge in [0.2, 0.25) is 0 Å². The van der Waals surface area contributed by atoms with Crippen LogP contribution in [-0.2, 0) is 0 Å². The van der Waals surface area contributed by atoms with Gasteiger partial charge in [-0.15, -0.1) is 0 Å². The highest BCUT2D eigenvalue weighted by Gasteiger charge is 2.09. The van der Waals surface area contributed by atoms with Crippen molar-refractivity contribution in [2.75, 3.05) is 0 Å². The van der Waals surface area contributed by atoms with E-state index in [1.165, 1.54) is 22.3 Å². The molecule has 0 aliphatic heterocycles. The van der Waals surface area contributed by atoms with Crippen LogP contribution in [0.3, 0.4) is 0 Å². The van der Waals surface area contributed by atoms with Gasteiger partial charge in [-0.25, -0.2) is 0 Å². The maximum absolute atomic E-state index is 5.43. The van der Waals surface area contributed by atoms with Gasteiger partial charge in [0.05, 0.1) is 0 Å². The molecule has 0 fully saturated rings. The molecule has 0 unspecified atom stereocenters. The van der Waals surface area contributed by atoms with Gasteiger partial charge in [-0.2, -0.15) is 0 Å². The van der Waals surface area contributed by atoms with E-state index in [1.807, 2.05) is 0 Å². The summed E-state index contributed by atoms with van der Waals surface area (Å²) in [6.07, 6.45) is 0. The lowest BCUT2D eigenvalue weighted by atomic mass is 9.95. The fourth-order valence-electron chi connectivity index (χ4n) is 1.96. The van der Waals surface area contributed by atoms with Gasteiger partial charge in [0.25, 0.3) is 0 Å². The second-order valence-corrected chi connectivity index (χ2v) is 3.70. The van der Waals surface area contributed by atoms with Crippen molar-refractivity contribution in [1.82, 2.24) is 5.43 Å². The van der Waals surface area contributed by atoms with Crippen molar-refractivity contribution in [1.29, 1.82) is 0 Å². The summed E-state index contributed by atoms with van der Waals surface area (Å²) in [6.45, 7) is 8.45. The molecule has 72 valence electrons. The number of benzene rings is 1. The molecule has 1 aromatic rings. The minimum Gasteiger partial charge on any atom is -0.271 e. The maximum atomic E-state index is 5.43. The van der Waals surface area contributed by atoms with Gasteiger partial charge in [0.1, 0.15) is 0 Å².